The first-order valence-corrected chi connectivity index (χ1v) is 6.79. The maximum absolute atomic E-state index is 12.1. The van der Waals surface area contributed by atoms with Crippen molar-refractivity contribution >= 4 is 0 Å². The molecule has 144 valence electrons. The third kappa shape index (κ3) is 14.9. The molecule has 0 aromatic rings. The van der Waals surface area contributed by atoms with E-state index in [1.54, 1.807) is 0 Å². The average molecular weight is 352 g/mol. The number of ether oxygens (including phenoxy) is 4. The quantitative estimate of drug-likeness (QED) is 0.316. The molecule has 0 N–H and O–H groups in total. The lowest BCUT2D eigenvalue weighted by Crippen LogP contribution is -2.42. The van der Waals surface area contributed by atoms with E-state index in [-0.39, 0.29) is 67.7 Å². The van der Waals surface area contributed by atoms with E-state index in [4.69, 9.17) is 18.9 Å². The highest BCUT2D eigenvalue weighted by molar-refractivity contribution is 4.79. The van der Waals surface area contributed by atoms with Gasteiger partial charge in [-0.3, -0.25) is 0 Å². The van der Waals surface area contributed by atoms with E-state index in [1.165, 1.54) is 0 Å². The van der Waals surface area contributed by atoms with Crippen LogP contribution in [0.5, 0.6) is 0 Å². The van der Waals surface area contributed by atoms with Gasteiger partial charge in [-0.05, 0) is 0 Å². The lowest BCUT2D eigenvalue weighted by Gasteiger charge is -2.32. The highest BCUT2D eigenvalue weighted by Crippen LogP contribution is 2.21. The van der Waals surface area contributed by atoms with E-state index in [1.807, 2.05) is 0 Å². The van der Waals surface area contributed by atoms with Gasteiger partial charge in [-0.2, -0.15) is 0 Å². The van der Waals surface area contributed by atoms with Crippen LogP contribution >= 0.6 is 0 Å². The summed E-state index contributed by atoms with van der Waals surface area (Å²) in [5.74, 6) is 0. The first-order valence-electron chi connectivity index (χ1n) is 6.79. The lowest BCUT2D eigenvalue weighted by atomic mass is 9.92. The highest BCUT2D eigenvalue weighted by Gasteiger charge is 2.32. The molecule has 0 saturated carbocycles. The number of alkyl halides is 4. The molecule has 0 amide bonds. The third-order valence-electron chi connectivity index (χ3n) is 2.52. The number of hydrogen-bond donors (Lipinski definition) is 0. The van der Waals surface area contributed by atoms with E-state index >= 15 is 0 Å². The summed E-state index contributed by atoms with van der Waals surface area (Å²) in [7, 11) is 0. The van der Waals surface area contributed by atoms with Crippen LogP contribution in [0.4, 0.5) is 17.6 Å². The minimum Gasteiger partial charge on any atom is -0.378 e. The summed E-state index contributed by atoms with van der Waals surface area (Å²) in [6.07, 6.45) is 0. The Kier molecular flexibility index (Phi) is 23.4. The number of hydrogen-bond acceptors (Lipinski definition) is 4. The van der Waals surface area contributed by atoms with Crippen molar-refractivity contribution in [3.63, 3.8) is 0 Å². The Hall–Kier alpha value is -0.440. The average Bonchev–Trinajstić information content (AvgIpc) is 2.48. The summed E-state index contributed by atoms with van der Waals surface area (Å²) in [4.78, 5) is 0. The van der Waals surface area contributed by atoms with Crippen LogP contribution in [0.2, 0.25) is 0 Å². The highest BCUT2D eigenvalue weighted by atomic mass is 19.1. The van der Waals surface area contributed by atoms with Crippen molar-refractivity contribution in [1.29, 1.82) is 0 Å². The van der Waals surface area contributed by atoms with E-state index in [0.29, 0.717) is 0 Å². The molecule has 0 aliphatic rings. The van der Waals surface area contributed by atoms with Gasteiger partial charge in [0.15, 0.2) is 0 Å². The number of rotatable bonds is 16. The van der Waals surface area contributed by atoms with Crippen molar-refractivity contribution < 1.29 is 36.5 Å². The molecule has 0 atom stereocenters. The molecule has 0 radical (unpaired) electrons. The fourth-order valence-electron chi connectivity index (χ4n) is 1.62. The Balaban J connectivity index is -0.00000200. The van der Waals surface area contributed by atoms with Gasteiger partial charge >= 0.3 is 0 Å². The molecule has 4 nitrogen and oxygen atoms in total. The topological polar surface area (TPSA) is 36.9 Å². The molecule has 0 aromatic heterocycles. The molecule has 23 heavy (non-hydrogen) atoms. The van der Waals surface area contributed by atoms with Gasteiger partial charge < -0.3 is 18.9 Å². The fraction of sp³-hybridized carbons (Fsp3) is 1.00. The molecule has 0 rings (SSSR count). The monoisotopic (exact) mass is 352 g/mol. The zero-order chi connectivity index (χ0) is 15.8. The minimum absolute atomic E-state index is 0. The second-order valence-corrected chi connectivity index (χ2v) is 4.47. The Morgan fingerprint density at radius 2 is 0.696 bits per heavy atom. The van der Waals surface area contributed by atoms with Crippen LogP contribution in [0.3, 0.4) is 0 Å². The van der Waals surface area contributed by atoms with Crippen molar-refractivity contribution in [3.05, 3.63) is 0 Å². The van der Waals surface area contributed by atoms with Crippen molar-refractivity contribution in [2.45, 2.75) is 14.9 Å². The molecule has 0 aromatic carbocycles. The van der Waals surface area contributed by atoms with Crippen LogP contribution in [0.1, 0.15) is 14.9 Å². The second-order valence-electron chi connectivity index (χ2n) is 4.47. The predicted molar refractivity (Wildman–Crippen MR) is 83.1 cm³/mol. The van der Waals surface area contributed by atoms with E-state index in [9.17, 15) is 17.6 Å². The van der Waals surface area contributed by atoms with E-state index in [0.717, 1.165) is 0 Å². The van der Waals surface area contributed by atoms with Gasteiger partial charge in [0.1, 0.15) is 26.7 Å². The van der Waals surface area contributed by atoms with Crippen LogP contribution in [0, 0.1) is 5.41 Å². The first kappa shape index (κ1) is 27.4. The van der Waals surface area contributed by atoms with Crippen molar-refractivity contribution in [3.8, 4) is 0 Å². The summed E-state index contributed by atoms with van der Waals surface area (Å²) in [6, 6.07) is 0. The maximum Gasteiger partial charge on any atom is 0.113 e. The fourth-order valence-corrected chi connectivity index (χ4v) is 1.62. The molecule has 0 saturated heterocycles. The van der Waals surface area contributed by atoms with Gasteiger partial charge in [0.2, 0.25) is 0 Å². The Labute approximate surface area is 137 Å². The van der Waals surface area contributed by atoms with Gasteiger partial charge in [-0.25, -0.2) is 17.6 Å². The van der Waals surface area contributed by atoms with Crippen molar-refractivity contribution in [1.82, 2.24) is 0 Å². The van der Waals surface area contributed by atoms with Crippen molar-refractivity contribution in [2.24, 2.45) is 5.41 Å². The SMILES string of the molecule is C.C.FCCOCC(COCCF)(COCCF)COCCF. The smallest absolute Gasteiger partial charge is 0.113 e. The lowest BCUT2D eigenvalue weighted by molar-refractivity contribution is -0.110. The molecule has 0 heterocycles. The van der Waals surface area contributed by atoms with Gasteiger partial charge in [0, 0.05) is 0 Å². The summed E-state index contributed by atoms with van der Waals surface area (Å²) in [5.41, 5.74) is -0.852. The Morgan fingerprint density at radius 1 is 0.478 bits per heavy atom. The Bertz CT molecular complexity index is 178. The molecule has 0 fully saturated rings. The summed E-state index contributed by atoms with van der Waals surface area (Å²) >= 11 is 0. The standard InChI is InChI=1S/C13H24F4O4.2CH4/c14-1-5-18-9-13(10-19-6-2-15,11-20-7-3-16)12-21-8-4-17;;/h1-12H2;2*1H4. The maximum atomic E-state index is 12.1. The molecule has 0 bridgehead atoms. The van der Waals surface area contributed by atoms with Crippen LogP contribution < -0.4 is 0 Å². The normalized spacial score (nSPS) is 11.0. The first-order chi connectivity index (χ1) is 10.2. The van der Waals surface area contributed by atoms with Crippen molar-refractivity contribution in [2.75, 3.05) is 79.6 Å². The van der Waals surface area contributed by atoms with Gasteiger partial charge in [-0.1, -0.05) is 14.9 Å². The van der Waals surface area contributed by atoms with Crippen LogP contribution in [-0.2, 0) is 18.9 Å². The van der Waals surface area contributed by atoms with E-state index in [2.05, 4.69) is 0 Å². The predicted octanol–water partition coefficient (Wildman–Crippen LogP) is 3.19. The summed E-state index contributed by atoms with van der Waals surface area (Å²) in [6.45, 7) is -2.96. The molecule has 0 unspecified atom stereocenters. The zero-order valence-electron chi connectivity index (χ0n) is 12.1. The van der Waals surface area contributed by atoms with Crippen LogP contribution in [0.25, 0.3) is 0 Å². The molecular weight excluding hydrogens is 320 g/mol. The second kappa shape index (κ2) is 19.6. The third-order valence-corrected chi connectivity index (χ3v) is 2.52. The largest absolute Gasteiger partial charge is 0.378 e. The molecule has 0 aliphatic heterocycles. The van der Waals surface area contributed by atoms with E-state index < -0.39 is 32.1 Å². The molecule has 8 heteroatoms. The van der Waals surface area contributed by atoms with Crippen LogP contribution in [0.15, 0.2) is 0 Å². The molecule has 0 spiro atoms. The van der Waals surface area contributed by atoms with Crippen LogP contribution in [-0.4, -0.2) is 79.6 Å². The minimum atomic E-state index is -0.852. The summed E-state index contributed by atoms with van der Waals surface area (Å²) in [5, 5.41) is 0. The molecular formula is C15H32F4O4. The molecule has 0 aliphatic carbocycles. The number of halogens is 4. The summed E-state index contributed by atoms with van der Waals surface area (Å²) < 4.78 is 69.1. The van der Waals surface area contributed by atoms with Gasteiger partial charge in [0.05, 0.1) is 58.3 Å². The Morgan fingerprint density at radius 3 is 0.870 bits per heavy atom. The zero-order valence-corrected chi connectivity index (χ0v) is 12.1. The van der Waals surface area contributed by atoms with Gasteiger partial charge in [-0.15, -0.1) is 0 Å². The van der Waals surface area contributed by atoms with Gasteiger partial charge in [0.25, 0.3) is 0 Å².